The van der Waals surface area contributed by atoms with Crippen LogP contribution in [0.5, 0.6) is 0 Å². The lowest BCUT2D eigenvalue weighted by Gasteiger charge is -2.09. The van der Waals surface area contributed by atoms with Crippen LogP contribution >= 0.6 is 11.8 Å². The third kappa shape index (κ3) is 10.4. The Kier molecular flexibility index (Phi) is 12.8. The number of carbonyl (C=O) groups excluding carboxylic acids is 2. The first-order valence-electron chi connectivity index (χ1n) is 12.0. The number of ether oxygens (including phenoxy) is 3. The molecule has 3 rings (SSSR count). The monoisotopic (exact) mass is 555 g/mol. The first kappa shape index (κ1) is 29.6. The summed E-state index contributed by atoms with van der Waals surface area (Å²) >= 11 is 1.37. The van der Waals surface area contributed by atoms with E-state index in [1.54, 1.807) is 48.5 Å². The molecule has 0 aliphatic heterocycles. The minimum Gasteiger partial charge on any atom is -0.411 e. The lowest BCUT2D eigenvalue weighted by Crippen LogP contribution is -2.28. The van der Waals surface area contributed by atoms with Gasteiger partial charge in [-0.25, -0.2) is 0 Å². The van der Waals surface area contributed by atoms with Gasteiger partial charge in [0.1, 0.15) is 0 Å². The van der Waals surface area contributed by atoms with E-state index in [2.05, 4.69) is 30.9 Å². The molecular formula is C25H29N7O6S. The van der Waals surface area contributed by atoms with Gasteiger partial charge in [-0.2, -0.15) is 0 Å². The molecule has 0 fully saturated rings. The minimum absolute atomic E-state index is 0.201. The van der Waals surface area contributed by atoms with Crippen molar-refractivity contribution < 1.29 is 28.2 Å². The fourth-order valence-electron chi connectivity index (χ4n) is 3.12. The van der Waals surface area contributed by atoms with Gasteiger partial charge in [-0.05, 0) is 48.2 Å². The molecule has 0 saturated carbocycles. The Morgan fingerprint density at radius 3 is 1.85 bits per heavy atom. The molecule has 3 aromatic rings. The highest BCUT2D eigenvalue weighted by atomic mass is 32.2. The molecule has 2 N–H and O–H groups in total. The summed E-state index contributed by atoms with van der Waals surface area (Å²) < 4.78 is 21.8. The number of carbonyl (C=O) groups is 2. The van der Waals surface area contributed by atoms with E-state index in [4.69, 9.17) is 24.2 Å². The molecule has 0 radical (unpaired) electrons. The van der Waals surface area contributed by atoms with Gasteiger partial charge in [0.05, 0.1) is 39.6 Å². The molecule has 0 atom stereocenters. The topological polar surface area (TPSA) is 174 Å². The number of thioether (sulfide) groups is 1. The summed E-state index contributed by atoms with van der Waals surface area (Å²) in [5, 5.41) is 17.4. The van der Waals surface area contributed by atoms with Crippen molar-refractivity contribution in [2.45, 2.75) is 5.22 Å². The van der Waals surface area contributed by atoms with Crippen molar-refractivity contribution in [2.24, 2.45) is 5.11 Å². The van der Waals surface area contributed by atoms with Crippen molar-refractivity contribution >= 4 is 29.3 Å². The van der Waals surface area contributed by atoms with Crippen LogP contribution in [0.25, 0.3) is 21.9 Å². The Hall–Kier alpha value is -3.94. The van der Waals surface area contributed by atoms with Crippen molar-refractivity contribution in [3.63, 3.8) is 0 Å². The Labute approximate surface area is 229 Å². The summed E-state index contributed by atoms with van der Waals surface area (Å²) in [7, 11) is 0. The summed E-state index contributed by atoms with van der Waals surface area (Å²) in [6.45, 7) is 3.00. The number of amides is 2. The molecule has 0 unspecified atom stereocenters. The summed E-state index contributed by atoms with van der Waals surface area (Å²) in [6.07, 6.45) is 1.85. The molecule has 14 heteroatoms. The lowest BCUT2D eigenvalue weighted by molar-refractivity contribution is 0.0157. The molecule has 39 heavy (non-hydrogen) atoms. The van der Waals surface area contributed by atoms with Crippen molar-refractivity contribution in [3.8, 4) is 11.5 Å². The van der Waals surface area contributed by atoms with Gasteiger partial charge in [-0.1, -0.05) is 29.0 Å². The molecule has 0 bridgehead atoms. The molecule has 2 aromatic carbocycles. The molecule has 0 spiro atoms. The van der Waals surface area contributed by atoms with Crippen LogP contribution < -0.4 is 10.6 Å². The molecule has 1 heterocycles. The molecule has 1 aromatic heterocycles. The number of benzene rings is 2. The molecular weight excluding hydrogens is 526 g/mol. The van der Waals surface area contributed by atoms with Crippen LogP contribution in [0.1, 0.15) is 20.7 Å². The predicted molar refractivity (Wildman–Crippen MR) is 144 cm³/mol. The molecule has 0 aliphatic carbocycles. The maximum Gasteiger partial charge on any atom is 0.276 e. The van der Waals surface area contributed by atoms with Crippen molar-refractivity contribution in [1.82, 2.24) is 20.8 Å². The van der Waals surface area contributed by atoms with Gasteiger partial charge in [0.15, 0.2) is 0 Å². The SMILES string of the molecule is CSc1nnc(-c2ccc(C(=O)NCCOCCOCCOCCNC(=O)c3ccc(N=[N+]=[N-])cc3)cc2)o1. The number of nitrogens with one attached hydrogen (secondary N) is 2. The van der Waals surface area contributed by atoms with Gasteiger partial charge in [-0.3, -0.25) is 9.59 Å². The summed E-state index contributed by atoms with van der Waals surface area (Å²) in [5.41, 5.74) is 10.6. The second-order valence-electron chi connectivity index (χ2n) is 7.74. The highest BCUT2D eigenvalue weighted by Crippen LogP contribution is 2.22. The van der Waals surface area contributed by atoms with E-state index >= 15 is 0 Å². The molecule has 206 valence electrons. The minimum atomic E-state index is -0.237. The highest BCUT2D eigenvalue weighted by molar-refractivity contribution is 7.98. The quantitative estimate of drug-likeness (QED) is 0.0829. The van der Waals surface area contributed by atoms with Crippen molar-refractivity contribution in [2.75, 3.05) is 59.0 Å². The fourth-order valence-corrected chi connectivity index (χ4v) is 3.41. The number of rotatable bonds is 17. The van der Waals surface area contributed by atoms with Crippen LogP contribution in [0, 0.1) is 0 Å². The average molecular weight is 556 g/mol. The maximum atomic E-state index is 12.3. The maximum absolute atomic E-state index is 12.3. The van der Waals surface area contributed by atoms with Gasteiger partial charge in [0.2, 0.25) is 5.89 Å². The van der Waals surface area contributed by atoms with Crippen molar-refractivity contribution in [1.29, 1.82) is 0 Å². The van der Waals surface area contributed by atoms with Crippen LogP contribution in [0.3, 0.4) is 0 Å². The van der Waals surface area contributed by atoms with Crippen LogP contribution in [0.4, 0.5) is 5.69 Å². The van der Waals surface area contributed by atoms with Crippen LogP contribution in [0.2, 0.25) is 0 Å². The Bertz CT molecular complexity index is 1230. The van der Waals surface area contributed by atoms with E-state index in [0.29, 0.717) is 80.7 Å². The summed E-state index contributed by atoms with van der Waals surface area (Å²) in [4.78, 5) is 27.0. The number of azide groups is 1. The predicted octanol–water partition coefficient (Wildman–Crippen LogP) is 3.61. The average Bonchev–Trinajstić information content (AvgIpc) is 3.45. The third-order valence-electron chi connectivity index (χ3n) is 5.07. The highest BCUT2D eigenvalue weighted by Gasteiger charge is 2.10. The van der Waals surface area contributed by atoms with Gasteiger partial charge in [-0.15, -0.1) is 10.2 Å². The molecule has 13 nitrogen and oxygen atoms in total. The van der Waals surface area contributed by atoms with Gasteiger partial charge in [0.25, 0.3) is 17.0 Å². The normalized spacial score (nSPS) is 10.6. The smallest absolute Gasteiger partial charge is 0.276 e. The Balaban J connectivity index is 1.14. The second kappa shape index (κ2) is 16.8. The van der Waals surface area contributed by atoms with E-state index in [1.165, 1.54) is 11.8 Å². The van der Waals surface area contributed by atoms with Gasteiger partial charge >= 0.3 is 0 Å². The number of hydrogen-bond donors (Lipinski definition) is 2. The Morgan fingerprint density at radius 2 is 1.36 bits per heavy atom. The Morgan fingerprint density at radius 1 is 0.846 bits per heavy atom. The molecule has 0 aliphatic rings. The van der Waals surface area contributed by atoms with E-state index in [-0.39, 0.29) is 11.8 Å². The number of hydrogen-bond acceptors (Lipinski definition) is 10. The van der Waals surface area contributed by atoms with E-state index in [9.17, 15) is 9.59 Å². The van der Waals surface area contributed by atoms with Crippen LogP contribution in [-0.4, -0.2) is 81.0 Å². The zero-order valence-electron chi connectivity index (χ0n) is 21.4. The standard InChI is InChI=1S/C25H29N7O6S/c1-39-25-31-30-24(38-25)20-4-2-18(3-5-20)22(33)27-10-12-35-14-16-37-17-15-36-13-11-28-23(34)19-6-8-21(9-7-19)29-32-26/h2-9H,10-17H2,1H3,(H,27,33)(H,28,34). The van der Waals surface area contributed by atoms with Crippen LogP contribution in [-0.2, 0) is 14.2 Å². The van der Waals surface area contributed by atoms with E-state index < -0.39 is 0 Å². The zero-order valence-corrected chi connectivity index (χ0v) is 22.2. The lowest BCUT2D eigenvalue weighted by atomic mass is 10.1. The number of nitrogens with zero attached hydrogens (tertiary/aromatic N) is 5. The summed E-state index contributed by atoms with van der Waals surface area (Å²) in [5.74, 6) is -0.0300. The molecule has 2 amide bonds. The van der Waals surface area contributed by atoms with E-state index in [0.717, 1.165) is 5.56 Å². The fraction of sp³-hybridized carbons (Fsp3) is 0.360. The third-order valence-corrected chi connectivity index (χ3v) is 5.59. The molecule has 0 saturated heterocycles. The van der Waals surface area contributed by atoms with Crippen LogP contribution in [0.15, 0.2) is 63.3 Å². The first-order valence-corrected chi connectivity index (χ1v) is 13.3. The number of aromatic nitrogens is 2. The van der Waals surface area contributed by atoms with Gasteiger partial charge in [0, 0.05) is 40.4 Å². The van der Waals surface area contributed by atoms with Gasteiger partial charge < -0.3 is 29.3 Å². The summed E-state index contributed by atoms with van der Waals surface area (Å²) in [6, 6.07) is 13.2. The van der Waals surface area contributed by atoms with Crippen molar-refractivity contribution in [3.05, 3.63) is 70.1 Å². The van der Waals surface area contributed by atoms with E-state index in [1.807, 2.05) is 6.26 Å². The zero-order chi connectivity index (χ0) is 27.7. The first-order chi connectivity index (χ1) is 19.1. The second-order valence-corrected chi connectivity index (χ2v) is 8.50. The largest absolute Gasteiger partial charge is 0.411 e.